The molecule has 0 radical (unpaired) electrons. The number of rotatable bonds is 1. The number of fused-ring (bicyclic) bond motifs is 1. The molecule has 3 heteroatoms. The van der Waals surface area contributed by atoms with E-state index in [0.717, 1.165) is 10.0 Å². The van der Waals surface area contributed by atoms with Crippen LogP contribution in [-0.2, 0) is 0 Å². The molecule has 2 aromatic carbocycles. The molecule has 0 amide bonds. The van der Waals surface area contributed by atoms with Gasteiger partial charge in [0.15, 0.2) is 5.76 Å². The summed E-state index contributed by atoms with van der Waals surface area (Å²) in [7, 11) is 0. The Kier molecular flexibility index (Phi) is 2.76. The lowest BCUT2D eigenvalue weighted by molar-refractivity contribution is 0.101. The van der Waals surface area contributed by atoms with Crippen molar-refractivity contribution in [2.24, 2.45) is 0 Å². The van der Waals surface area contributed by atoms with Gasteiger partial charge < -0.3 is 4.74 Å². The molecule has 0 saturated carbocycles. The maximum atomic E-state index is 12.1. The standard InChI is InChI=1S/C15H9BrO2/c16-11-6-7-12-13(9-11)18-14(15(12)17)8-10-4-2-1-3-5-10/h1-9H/b14-8-. The number of hydrogen-bond donors (Lipinski definition) is 0. The third-order valence-corrected chi connectivity index (χ3v) is 3.22. The zero-order valence-electron chi connectivity index (χ0n) is 9.39. The molecular weight excluding hydrogens is 292 g/mol. The fourth-order valence-corrected chi connectivity index (χ4v) is 2.20. The Morgan fingerprint density at radius 2 is 1.83 bits per heavy atom. The van der Waals surface area contributed by atoms with Crippen molar-refractivity contribution in [2.75, 3.05) is 0 Å². The number of Topliss-reactive ketones (excluding diaryl/α,β-unsaturated/α-hetero) is 1. The predicted molar refractivity (Wildman–Crippen MR) is 73.5 cm³/mol. The minimum Gasteiger partial charge on any atom is -0.452 e. The number of carbonyl (C=O) groups is 1. The van der Waals surface area contributed by atoms with Crippen molar-refractivity contribution in [3.63, 3.8) is 0 Å². The molecule has 0 bridgehead atoms. The molecule has 1 aliphatic rings. The molecule has 1 heterocycles. The average Bonchev–Trinajstić information content (AvgIpc) is 2.67. The van der Waals surface area contributed by atoms with Crippen molar-refractivity contribution in [1.82, 2.24) is 0 Å². The van der Waals surface area contributed by atoms with E-state index in [1.165, 1.54) is 0 Å². The fraction of sp³-hybridized carbons (Fsp3) is 0. The third kappa shape index (κ3) is 1.97. The Labute approximate surface area is 113 Å². The van der Waals surface area contributed by atoms with Crippen molar-refractivity contribution in [1.29, 1.82) is 0 Å². The number of hydrogen-bond acceptors (Lipinski definition) is 2. The second-order valence-electron chi connectivity index (χ2n) is 3.99. The molecule has 0 N–H and O–H groups in total. The maximum Gasteiger partial charge on any atom is 0.231 e. The zero-order chi connectivity index (χ0) is 12.5. The van der Waals surface area contributed by atoms with Crippen LogP contribution in [0.5, 0.6) is 5.75 Å². The second-order valence-corrected chi connectivity index (χ2v) is 4.91. The van der Waals surface area contributed by atoms with E-state index < -0.39 is 0 Å². The second kappa shape index (κ2) is 4.42. The lowest BCUT2D eigenvalue weighted by Gasteiger charge is -1.98. The monoisotopic (exact) mass is 300 g/mol. The summed E-state index contributed by atoms with van der Waals surface area (Å²) in [6, 6.07) is 15.1. The van der Waals surface area contributed by atoms with Gasteiger partial charge >= 0.3 is 0 Å². The number of halogens is 1. The van der Waals surface area contributed by atoms with Gasteiger partial charge in [-0.25, -0.2) is 0 Å². The highest BCUT2D eigenvalue weighted by Gasteiger charge is 2.27. The highest BCUT2D eigenvalue weighted by atomic mass is 79.9. The number of benzene rings is 2. The molecular formula is C15H9BrO2. The van der Waals surface area contributed by atoms with Gasteiger partial charge in [0.05, 0.1) is 5.56 Å². The van der Waals surface area contributed by atoms with Crippen LogP contribution >= 0.6 is 15.9 Å². The van der Waals surface area contributed by atoms with Crippen molar-refractivity contribution in [3.05, 3.63) is 69.9 Å². The highest BCUT2D eigenvalue weighted by Crippen LogP contribution is 2.33. The van der Waals surface area contributed by atoms with E-state index in [4.69, 9.17) is 4.74 Å². The first-order valence-corrected chi connectivity index (χ1v) is 6.32. The molecule has 88 valence electrons. The maximum absolute atomic E-state index is 12.1. The van der Waals surface area contributed by atoms with Gasteiger partial charge in [0.1, 0.15) is 5.75 Å². The van der Waals surface area contributed by atoms with Gasteiger partial charge in [-0.05, 0) is 29.8 Å². The van der Waals surface area contributed by atoms with Crippen LogP contribution in [0.25, 0.3) is 6.08 Å². The Morgan fingerprint density at radius 3 is 2.61 bits per heavy atom. The molecule has 18 heavy (non-hydrogen) atoms. The van der Waals surface area contributed by atoms with Crippen LogP contribution < -0.4 is 4.74 Å². The predicted octanol–water partition coefficient (Wildman–Crippen LogP) is 4.07. The van der Waals surface area contributed by atoms with Gasteiger partial charge in [-0.3, -0.25) is 4.79 Å². The number of allylic oxidation sites excluding steroid dienone is 1. The molecule has 2 nitrogen and oxygen atoms in total. The van der Waals surface area contributed by atoms with Crippen LogP contribution in [0.1, 0.15) is 15.9 Å². The van der Waals surface area contributed by atoms with Gasteiger partial charge in [-0.1, -0.05) is 46.3 Å². The molecule has 2 aromatic rings. The Morgan fingerprint density at radius 1 is 1.06 bits per heavy atom. The van der Waals surface area contributed by atoms with Crippen molar-refractivity contribution in [2.45, 2.75) is 0 Å². The van der Waals surface area contributed by atoms with Gasteiger partial charge in [-0.15, -0.1) is 0 Å². The van der Waals surface area contributed by atoms with E-state index in [-0.39, 0.29) is 5.78 Å². The molecule has 0 aromatic heterocycles. The quantitative estimate of drug-likeness (QED) is 0.742. The number of ketones is 1. The summed E-state index contributed by atoms with van der Waals surface area (Å²) in [6.07, 6.45) is 1.76. The first-order chi connectivity index (χ1) is 8.74. The molecule has 1 aliphatic heterocycles. The number of carbonyl (C=O) groups excluding carboxylic acids is 1. The topological polar surface area (TPSA) is 26.3 Å². The van der Waals surface area contributed by atoms with E-state index in [9.17, 15) is 4.79 Å². The minimum absolute atomic E-state index is 0.0682. The lowest BCUT2D eigenvalue weighted by Crippen LogP contribution is -1.97. The van der Waals surface area contributed by atoms with E-state index in [2.05, 4.69) is 15.9 Å². The smallest absolute Gasteiger partial charge is 0.231 e. The minimum atomic E-state index is -0.0682. The summed E-state index contributed by atoms with van der Waals surface area (Å²) in [4.78, 5) is 12.1. The molecule has 0 saturated heterocycles. The summed E-state index contributed by atoms with van der Waals surface area (Å²) in [6.45, 7) is 0. The summed E-state index contributed by atoms with van der Waals surface area (Å²) in [5.41, 5.74) is 1.56. The summed E-state index contributed by atoms with van der Waals surface area (Å²) in [5, 5.41) is 0. The van der Waals surface area contributed by atoms with Gasteiger partial charge in [-0.2, -0.15) is 0 Å². The highest BCUT2D eigenvalue weighted by molar-refractivity contribution is 9.10. The molecule has 0 atom stereocenters. The first-order valence-electron chi connectivity index (χ1n) is 5.53. The van der Waals surface area contributed by atoms with Gasteiger partial charge in [0.2, 0.25) is 5.78 Å². The van der Waals surface area contributed by atoms with Crippen LogP contribution in [0, 0.1) is 0 Å². The average molecular weight is 301 g/mol. The Bertz CT molecular complexity index is 645. The fourth-order valence-electron chi connectivity index (χ4n) is 1.86. The SMILES string of the molecule is O=C1/C(=C/c2ccccc2)Oc2cc(Br)ccc21. The van der Waals surface area contributed by atoms with Crippen molar-refractivity contribution >= 4 is 27.8 Å². The van der Waals surface area contributed by atoms with Crippen molar-refractivity contribution in [3.8, 4) is 5.75 Å². The van der Waals surface area contributed by atoms with Crippen LogP contribution in [-0.4, -0.2) is 5.78 Å². The molecule has 0 aliphatic carbocycles. The summed E-state index contributed by atoms with van der Waals surface area (Å²) < 4.78 is 6.48. The van der Waals surface area contributed by atoms with E-state index in [1.807, 2.05) is 36.4 Å². The molecule has 3 rings (SSSR count). The van der Waals surface area contributed by atoms with E-state index in [1.54, 1.807) is 18.2 Å². The van der Waals surface area contributed by atoms with Crippen LogP contribution in [0.15, 0.2) is 58.8 Å². The number of ether oxygens (including phenoxy) is 1. The van der Waals surface area contributed by atoms with Gasteiger partial charge in [0.25, 0.3) is 0 Å². The largest absolute Gasteiger partial charge is 0.452 e. The molecule has 0 fully saturated rings. The molecule has 0 unspecified atom stereocenters. The first kappa shape index (κ1) is 11.2. The molecule has 0 spiro atoms. The van der Waals surface area contributed by atoms with Crippen LogP contribution in [0.4, 0.5) is 0 Å². The van der Waals surface area contributed by atoms with Crippen LogP contribution in [0.3, 0.4) is 0 Å². The van der Waals surface area contributed by atoms with Crippen molar-refractivity contribution < 1.29 is 9.53 Å². The lowest BCUT2D eigenvalue weighted by atomic mass is 10.1. The van der Waals surface area contributed by atoms with Gasteiger partial charge in [0, 0.05) is 4.47 Å². The third-order valence-electron chi connectivity index (χ3n) is 2.73. The summed E-state index contributed by atoms with van der Waals surface area (Å²) in [5.74, 6) is 0.909. The van der Waals surface area contributed by atoms with E-state index >= 15 is 0 Å². The normalized spacial score (nSPS) is 15.6. The van der Waals surface area contributed by atoms with E-state index in [0.29, 0.717) is 17.1 Å². The Hall–Kier alpha value is -1.87. The Balaban J connectivity index is 2.00. The van der Waals surface area contributed by atoms with Crippen LogP contribution in [0.2, 0.25) is 0 Å². The zero-order valence-corrected chi connectivity index (χ0v) is 11.0. The summed E-state index contributed by atoms with van der Waals surface area (Å²) >= 11 is 3.36.